The fourth-order valence-electron chi connectivity index (χ4n) is 1.94. The topological polar surface area (TPSA) is 86.5 Å². The maximum Gasteiger partial charge on any atom is 0.360 e. The van der Waals surface area contributed by atoms with Gasteiger partial charge in [0.25, 0.3) is 0 Å². The molecule has 21 heavy (non-hydrogen) atoms. The molecule has 0 spiro atoms. The molecule has 1 aromatic heterocycles. The number of aromatic hydroxyl groups is 1. The van der Waals surface area contributed by atoms with Crippen LogP contribution >= 0.6 is 0 Å². The summed E-state index contributed by atoms with van der Waals surface area (Å²) >= 11 is 0. The first-order valence-electron chi connectivity index (χ1n) is 6.43. The number of carbonyl (C=O) groups excluding carboxylic acids is 1. The summed E-state index contributed by atoms with van der Waals surface area (Å²) in [7, 11) is 2.90. The highest BCUT2D eigenvalue weighted by Gasteiger charge is 2.20. The predicted octanol–water partition coefficient (Wildman–Crippen LogP) is 1.01. The van der Waals surface area contributed by atoms with Crippen molar-refractivity contribution in [1.82, 2.24) is 15.0 Å². The molecule has 0 unspecified atom stereocenters. The van der Waals surface area contributed by atoms with Crippen LogP contribution in [0.1, 0.15) is 21.7 Å². The van der Waals surface area contributed by atoms with Gasteiger partial charge in [-0.25, -0.2) is 9.48 Å². The Morgan fingerprint density at radius 1 is 1.29 bits per heavy atom. The minimum atomic E-state index is -0.516. The van der Waals surface area contributed by atoms with Crippen molar-refractivity contribution >= 4 is 5.97 Å². The second kappa shape index (κ2) is 6.85. The van der Waals surface area contributed by atoms with Crippen LogP contribution in [0.5, 0.6) is 5.75 Å². The standard InChI is InChI=1S/C14H17N3O4/c1-20-8-7-12-13(14(19)21-2)15-16-17(12)9-10-3-5-11(18)6-4-10/h3-6,18H,7-9H2,1-2H3. The summed E-state index contributed by atoms with van der Waals surface area (Å²) in [6, 6.07) is 6.77. The molecule has 0 fully saturated rings. The van der Waals surface area contributed by atoms with Crippen molar-refractivity contribution < 1.29 is 19.4 Å². The number of phenolic OH excluding ortho intramolecular Hbond substituents is 1. The summed E-state index contributed by atoms with van der Waals surface area (Å²) in [5, 5.41) is 17.2. The van der Waals surface area contributed by atoms with Crippen molar-refractivity contribution in [3.63, 3.8) is 0 Å². The van der Waals surface area contributed by atoms with E-state index < -0.39 is 5.97 Å². The average Bonchev–Trinajstić information content (AvgIpc) is 2.89. The molecule has 112 valence electrons. The van der Waals surface area contributed by atoms with Crippen molar-refractivity contribution in [2.24, 2.45) is 0 Å². The van der Waals surface area contributed by atoms with E-state index in [0.717, 1.165) is 5.56 Å². The Hall–Kier alpha value is -2.41. The Balaban J connectivity index is 2.27. The molecule has 1 aromatic carbocycles. The Labute approximate surface area is 122 Å². The molecule has 2 aromatic rings. The normalized spacial score (nSPS) is 10.6. The molecule has 0 aliphatic rings. The first-order valence-corrected chi connectivity index (χ1v) is 6.43. The highest BCUT2D eigenvalue weighted by Crippen LogP contribution is 2.14. The van der Waals surface area contributed by atoms with Crippen LogP contribution in [0.15, 0.2) is 24.3 Å². The van der Waals surface area contributed by atoms with E-state index in [9.17, 15) is 9.90 Å². The third-order valence-corrected chi connectivity index (χ3v) is 3.03. The Morgan fingerprint density at radius 2 is 2.00 bits per heavy atom. The Bertz CT molecular complexity index is 607. The number of hydrogen-bond acceptors (Lipinski definition) is 6. The lowest BCUT2D eigenvalue weighted by molar-refractivity contribution is 0.0592. The first kappa shape index (κ1) is 15.0. The van der Waals surface area contributed by atoms with E-state index in [1.807, 2.05) is 0 Å². The predicted molar refractivity (Wildman–Crippen MR) is 74.2 cm³/mol. The number of phenols is 1. The zero-order valence-electron chi connectivity index (χ0n) is 11.9. The molecule has 0 radical (unpaired) electrons. The van der Waals surface area contributed by atoms with Gasteiger partial charge in [-0.2, -0.15) is 0 Å². The second-order valence-corrected chi connectivity index (χ2v) is 4.44. The van der Waals surface area contributed by atoms with Crippen molar-refractivity contribution in [3.05, 3.63) is 41.2 Å². The first-order chi connectivity index (χ1) is 10.2. The molecule has 2 rings (SSSR count). The van der Waals surface area contributed by atoms with E-state index in [4.69, 9.17) is 9.47 Å². The summed E-state index contributed by atoms with van der Waals surface area (Å²) < 4.78 is 11.4. The molecule has 0 amide bonds. The lowest BCUT2D eigenvalue weighted by Gasteiger charge is -2.07. The van der Waals surface area contributed by atoms with E-state index in [-0.39, 0.29) is 11.4 Å². The van der Waals surface area contributed by atoms with Gasteiger partial charge in [0, 0.05) is 13.5 Å². The lowest BCUT2D eigenvalue weighted by Crippen LogP contribution is -2.12. The fraction of sp³-hybridized carbons (Fsp3) is 0.357. The summed E-state index contributed by atoms with van der Waals surface area (Å²) in [6.45, 7) is 0.899. The smallest absolute Gasteiger partial charge is 0.360 e. The van der Waals surface area contributed by atoms with E-state index in [0.29, 0.717) is 25.3 Å². The van der Waals surface area contributed by atoms with Gasteiger partial charge in [0.2, 0.25) is 0 Å². The van der Waals surface area contributed by atoms with Gasteiger partial charge < -0.3 is 14.6 Å². The monoisotopic (exact) mass is 291 g/mol. The second-order valence-electron chi connectivity index (χ2n) is 4.44. The van der Waals surface area contributed by atoms with E-state index in [1.54, 1.807) is 36.1 Å². The maximum atomic E-state index is 11.7. The Morgan fingerprint density at radius 3 is 2.62 bits per heavy atom. The molecule has 0 aliphatic carbocycles. The van der Waals surface area contributed by atoms with Gasteiger partial charge in [-0.3, -0.25) is 0 Å². The number of carbonyl (C=O) groups is 1. The van der Waals surface area contributed by atoms with Crippen LogP contribution in [-0.2, 0) is 22.4 Å². The fourth-order valence-corrected chi connectivity index (χ4v) is 1.94. The average molecular weight is 291 g/mol. The molecule has 0 atom stereocenters. The summed E-state index contributed by atoms with van der Waals surface area (Å²) in [5.74, 6) is -0.315. The molecule has 0 saturated heterocycles. The van der Waals surface area contributed by atoms with Gasteiger partial charge in [0.1, 0.15) is 5.75 Å². The van der Waals surface area contributed by atoms with Gasteiger partial charge >= 0.3 is 5.97 Å². The summed E-state index contributed by atoms with van der Waals surface area (Å²) in [6.07, 6.45) is 0.506. The summed E-state index contributed by atoms with van der Waals surface area (Å²) in [5.41, 5.74) is 1.80. The third-order valence-electron chi connectivity index (χ3n) is 3.03. The number of nitrogens with zero attached hydrogens (tertiary/aromatic N) is 3. The molecule has 1 heterocycles. The van der Waals surface area contributed by atoms with Crippen molar-refractivity contribution in [1.29, 1.82) is 0 Å². The van der Waals surface area contributed by atoms with Crippen LogP contribution in [0.2, 0.25) is 0 Å². The number of rotatable bonds is 6. The van der Waals surface area contributed by atoms with Gasteiger partial charge in [-0.05, 0) is 17.7 Å². The van der Waals surface area contributed by atoms with E-state index >= 15 is 0 Å². The zero-order valence-corrected chi connectivity index (χ0v) is 11.9. The molecular formula is C14H17N3O4. The maximum absolute atomic E-state index is 11.7. The van der Waals surface area contributed by atoms with Gasteiger partial charge in [-0.15, -0.1) is 5.10 Å². The highest BCUT2D eigenvalue weighted by molar-refractivity contribution is 5.88. The minimum absolute atomic E-state index is 0.201. The quantitative estimate of drug-likeness (QED) is 0.799. The van der Waals surface area contributed by atoms with Gasteiger partial charge in [-0.1, -0.05) is 17.3 Å². The van der Waals surface area contributed by atoms with E-state index in [2.05, 4.69) is 10.3 Å². The highest BCUT2D eigenvalue weighted by atomic mass is 16.5. The molecule has 7 heteroatoms. The third kappa shape index (κ3) is 3.57. The van der Waals surface area contributed by atoms with Crippen LogP contribution in [-0.4, -0.2) is 46.9 Å². The number of benzene rings is 1. The zero-order chi connectivity index (χ0) is 15.2. The van der Waals surface area contributed by atoms with Crippen molar-refractivity contribution in [3.8, 4) is 5.75 Å². The van der Waals surface area contributed by atoms with Crippen molar-refractivity contribution in [2.45, 2.75) is 13.0 Å². The molecular weight excluding hydrogens is 274 g/mol. The van der Waals surface area contributed by atoms with Gasteiger partial charge in [0.15, 0.2) is 5.69 Å². The molecule has 0 saturated carbocycles. The SMILES string of the molecule is COCCc1c(C(=O)OC)nnn1Cc1ccc(O)cc1. The van der Waals surface area contributed by atoms with Crippen LogP contribution in [0.3, 0.4) is 0 Å². The lowest BCUT2D eigenvalue weighted by atomic mass is 10.2. The van der Waals surface area contributed by atoms with E-state index in [1.165, 1.54) is 7.11 Å². The van der Waals surface area contributed by atoms with Crippen molar-refractivity contribution in [2.75, 3.05) is 20.8 Å². The van der Waals surface area contributed by atoms with Crippen LogP contribution in [0, 0.1) is 0 Å². The Kier molecular flexibility index (Phi) is 4.89. The molecule has 0 aliphatic heterocycles. The van der Waals surface area contributed by atoms with Gasteiger partial charge in [0.05, 0.1) is 26.0 Å². The molecule has 1 N–H and O–H groups in total. The molecule has 7 nitrogen and oxygen atoms in total. The van der Waals surface area contributed by atoms with Crippen LogP contribution < -0.4 is 0 Å². The number of hydrogen-bond donors (Lipinski definition) is 1. The number of esters is 1. The van der Waals surface area contributed by atoms with Crippen LogP contribution in [0.25, 0.3) is 0 Å². The largest absolute Gasteiger partial charge is 0.508 e. The summed E-state index contributed by atoms with van der Waals surface area (Å²) in [4.78, 5) is 11.7. The minimum Gasteiger partial charge on any atom is -0.508 e. The molecule has 0 bridgehead atoms. The number of methoxy groups -OCH3 is 2. The number of aromatic nitrogens is 3. The number of ether oxygens (including phenoxy) is 2. The van der Waals surface area contributed by atoms with Crippen LogP contribution in [0.4, 0.5) is 0 Å².